The van der Waals surface area contributed by atoms with Gasteiger partial charge in [0.15, 0.2) is 0 Å². The highest BCUT2D eigenvalue weighted by molar-refractivity contribution is 9.10. The highest BCUT2D eigenvalue weighted by atomic mass is 79.9. The third-order valence-electron chi connectivity index (χ3n) is 6.54. The highest BCUT2D eigenvalue weighted by Gasteiger charge is 2.46. The van der Waals surface area contributed by atoms with Gasteiger partial charge in [0.1, 0.15) is 6.61 Å². The Bertz CT molecular complexity index is 1290. The average Bonchev–Trinajstić information content (AvgIpc) is 3.50. The molecule has 2 amide bonds. The smallest absolute Gasteiger partial charge is 0.407 e. The lowest BCUT2D eigenvalue weighted by Crippen LogP contribution is -2.40. The van der Waals surface area contributed by atoms with Crippen LogP contribution in [0.4, 0.5) is 10.5 Å². The van der Waals surface area contributed by atoms with Crippen LogP contribution >= 0.6 is 15.9 Å². The second kappa shape index (κ2) is 9.19. The van der Waals surface area contributed by atoms with E-state index in [9.17, 15) is 19.5 Å². The van der Waals surface area contributed by atoms with Crippen LogP contribution in [0, 0.1) is 0 Å². The Labute approximate surface area is 210 Å². The number of carboxylic acid groups (broad SMARTS) is 1. The zero-order chi connectivity index (χ0) is 24.6. The maximum absolute atomic E-state index is 12.6. The average molecular weight is 535 g/mol. The maximum atomic E-state index is 12.6. The van der Waals surface area contributed by atoms with Gasteiger partial charge in [-0.05, 0) is 69.2 Å². The van der Waals surface area contributed by atoms with Gasteiger partial charge in [0, 0.05) is 16.1 Å². The van der Waals surface area contributed by atoms with Crippen LogP contribution in [-0.2, 0) is 9.53 Å². The summed E-state index contributed by atoms with van der Waals surface area (Å²) in [7, 11) is 0. The van der Waals surface area contributed by atoms with Crippen LogP contribution in [0.2, 0.25) is 0 Å². The molecule has 0 heterocycles. The highest BCUT2D eigenvalue weighted by Crippen LogP contribution is 2.44. The van der Waals surface area contributed by atoms with Crippen LogP contribution in [-0.4, -0.2) is 35.2 Å². The number of benzene rings is 3. The fraction of sp³-hybridized carbons (Fsp3) is 0.222. The van der Waals surface area contributed by atoms with Gasteiger partial charge in [0.05, 0.1) is 17.5 Å². The number of fused-ring (bicyclic) bond motifs is 3. The van der Waals surface area contributed by atoms with Gasteiger partial charge in [0.25, 0.3) is 0 Å². The SMILES string of the molecule is O=C(CC1(NC(=O)OCC2c3ccccc3-c3ccccc32)CC1)Nc1ccc(Br)c(C(=O)O)c1. The quantitative estimate of drug-likeness (QED) is 0.368. The largest absolute Gasteiger partial charge is 0.478 e. The number of carbonyl (C=O) groups excluding carboxylic acids is 2. The summed E-state index contributed by atoms with van der Waals surface area (Å²) in [6, 6.07) is 20.8. The number of aromatic carboxylic acids is 1. The molecule has 0 saturated heterocycles. The molecule has 178 valence electrons. The molecule has 2 aliphatic carbocycles. The Morgan fingerprint density at radius 3 is 2.20 bits per heavy atom. The normalized spacial score (nSPS) is 15.0. The van der Waals surface area contributed by atoms with Gasteiger partial charge < -0.3 is 20.5 Å². The molecule has 8 heteroatoms. The van der Waals surface area contributed by atoms with Crippen LogP contribution in [0.15, 0.2) is 71.2 Å². The molecule has 0 radical (unpaired) electrons. The van der Waals surface area contributed by atoms with Gasteiger partial charge in [-0.15, -0.1) is 0 Å². The molecule has 5 rings (SSSR count). The van der Waals surface area contributed by atoms with Gasteiger partial charge in [0.2, 0.25) is 5.91 Å². The van der Waals surface area contributed by atoms with E-state index in [1.807, 2.05) is 24.3 Å². The van der Waals surface area contributed by atoms with Crippen molar-refractivity contribution in [1.82, 2.24) is 5.32 Å². The van der Waals surface area contributed by atoms with Crippen molar-refractivity contribution in [2.24, 2.45) is 0 Å². The van der Waals surface area contributed by atoms with Crippen LogP contribution in [0.1, 0.15) is 46.7 Å². The summed E-state index contributed by atoms with van der Waals surface area (Å²) in [4.78, 5) is 36.5. The van der Waals surface area contributed by atoms with Crippen LogP contribution in [0.5, 0.6) is 0 Å². The molecule has 0 spiro atoms. The van der Waals surface area contributed by atoms with E-state index in [4.69, 9.17) is 4.74 Å². The Morgan fingerprint density at radius 2 is 1.60 bits per heavy atom. The molecule has 0 atom stereocenters. The lowest BCUT2D eigenvalue weighted by atomic mass is 9.98. The van der Waals surface area contributed by atoms with Crippen molar-refractivity contribution in [2.45, 2.75) is 30.7 Å². The van der Waals surface area contributed by atoms with E-state index < -0.39 is 17.6 Å². The topological polar surface area (TPSA) is 105 Å². The molecule has 3 aromatic carbocycles. The maximum Gasteiger partial charge on any atom is 0.407 e. The number of halogens is 1. The molecular formula is C27H23BrN2O5. The first-order valence-electron chi connectivity index (χ1n) is 11.3. The summed E-state index contributed by atoms with van der Waals surface area (Å²) < 4.78 is 6.05. The number of rotatable bonds is 7. The van der Waals surface area contributed by atoms with E-state index >= 15 is 0 Å². The number of ether oxygens (including phenoxy) is 1. The molecular weight excluding hydrogens is 512 g/mol. The van der Waals surface area contributed by atoms with Crippen LogP contribution in [0.25, 0.3) is 11.1 Å². The third-order valence-corrected chi connectivity index (χ3v) is 7.24. The summed E-state index contributed by atoms with van der Waals surface area (Å²) in [6.45, 7) is 0.207. The zero-order valence-corrected chi connectivity index (χ0v) is 20.3. The number of alkyl carbamates (subject to hydrolysis) is 1. The van der Waals surface area contributed by atoms with E-state index in [0.717, 1.165) is 22.3 Å². The molecule has 0 aromatic heterocycles. The fourth-order valence-corrected chi connectivity index (χ4v) is 5.04. The summed E-state index contributed by atoms with van der Waals surface area (Å²) in [5.74, 6) is -1.43. The van der Waals surface area contributed by atoms with Gasteiger partial charge in [-0.3, -0.25) is 4.79 Å². The molecule has 0 aliphatic heterocycles. The van der Waals surface area contributed by atoms with Gasteiger partial charge in [-0.2, -0.15) is 0 Å². The molecule has 1 saturated carbocycles. The van der Waals surface area contributed by atoms with Crippen molar-refractivity contribution < 1.29 is 24.2 Å². The predicted molar refractivity (Wildman–Crippen MR) is 135 cm³/mol. The zero-order valence-electron chi connectivity index (χ0n) is 18.7. The Balaban J connectivity index is 1.18. The van der Waals surface area contributed by atoms with Crippen molar-refractivity contribution >= 4 is 39.6 Å². The van der Waals surface area contributed by atoms with Crippen LogP contribution < -0.4 is 10.6 Å². The fourth-order valence-electron chi connectivity index (χ4n) is 4.63. The molecule has 7 nitrogen and oxygen atoms in total. The van der Waals surface area contributed by atoms with E-state index in [0.29, 0.717) is 23.0 Å². The number of hydrogen-bond donors (Lipinski definition) is 3. The summed E-state index contributed by atoms with van der Waals surface area (Å²) in [6.07, 6.45) is 0.876. The van der Waals surface area contributed by atoms with Gasteiger partial charge >= 0.3 is 12.1 Å². The van der Waals surface area contributed by atoms with E-state index in [-0.39, 0.29) is 30.4 Å². The van der Waals surface area contributed by atoms with E-state index in [2.05, 4.69) is 50.8 Å². The minimum atomic E-state index is -1.09. The number of amides is 2. The van der Waals surface area contributed by atoms with E-state index in [1.165, 1.54) is 6.07 Å². The van der Waals surface area contributed by atoms with E-state index in [1.54, 1.807) is 12.1 Å². The molecule has 3 aromatic rings. The molecule has 0 unspecified atom stereocenters. The Hall–Kier alpha value is -3.65. The standard InChI is InChI=1S/C27H23BrN2O5/c28-23-10-9-16(13-21(23)25(32)33)29-24(31)14-27(11-12-27)30-26(34)35-15-22-19-7-3-1-5-17(19)18-6-2-4-8-20(18)22/h1-10,13,22H,11-12,14-15H2,(H,29,31)(H,30,34)(H,32,33). The van der Waals surface area contributed by atoms with Crippen molar-refractivity contribution in [1.29, 1.82) is 0 Å². The number of carboxylic acids is 1. The first-order valence-corrected chi connectivity index (χ1v) is 12.1. The Kier molecular flexibility index (Phi) is 6.06. The summed E-state index contributed by atoms with van der Waals surface area (Å²) in [5, 5.41) is 14.8. The van der Waals surface area contributed by atoms with Gasteiger partial charge in [-0.25, -0.2) is 9.59 Å². The van der Waals surface area contributed by atoms with Gasteiger partial charge in [-0.1, -0.05) is 48.5 Å². The van der Waals surface area contributed by atoms with Crippen LogP contribution in [0.3, 0.4) is 0 Å². The molecule has 2 aliphatic rings. The van der Waals surface area contributed by atoms with Crippen molar-refractivity contribution in [3.8, 4) is 11.1 Å². The first kappa shape index (κ1) is 23.1. The molecule has 1 fully saturated rings. The Morgan fingerprint density at radius 1 is 0.971 bits per heavy atom. The van der Waals surface area contributed by atoms with Crippen molar-refractivity contribution in [3.05, 3.63) is 87.9 Å². The number of anilines is 1. The predicted octanol–water partition coefficient (Wildman–Crippen LogP) is 5.55. The molecule has 3 N–H and O–H groups in total. The monoisotopic (exact) mass is 534 g/mol. The lowest BCUT2D eigenvalue weighted by molar-refractivity contribution is -0.116. The number of hydrogen-bond acceptors (Lipinski definition) is 4. The van der Waals surface area contributed by atoms with Crippen molar-refractivity contribution in [2.75, 3.05) is 11.9 Å². The summed E-state index contributed by atoms with van der Waals surface area (Å²) in [5.41, 5.74) is 4.39. The number of nitrogens with one attached hydrogen (secondary N) is 2. The van der Waals surface area contributed by atoms with Crippen molar-refractivity contribution in [3.63, 3.8) is 0 Å². The second-order valence-corrected chi connectivity index (χ2v) is 9.81. The molecule has 0 bridgehead atoms. The lowest BCUT2D eigenvalue weighted by Gasteiger charge is -2.19. The molecule has 35 heavy (non-hydrogen) atoms. The minimum absolute atomic E-state index is 0.0348. The number of carbonyl (C=O) groups is 3. The second-order valence-electron chi connectivity index (χ2n) is 8.96. The summed E-state index contributed by atoms with van der Waals surface area (Å²) >= 11 is 3.19. The minimum Gasteiger partial charge on any atom is -0.478 e. The first-order chi connectivity index (χ1) is 16.8. The third kappa shape index (κ3) is 4.79.